The molecule has 0 radical (unpaired) electrons. The van der Waals surface area contributed by atoms with Crippen molar-refractivity contribution in [3.05, 3.63) is 42.5 Å². The lowest BCUT2D eigenvalue weighted by atomic mass is 9.92. The molecule has 30 heavy (non-hydrogen) atoms. The van der Waals surface area contributed by atoms with E-state index < -0.39 is 6.09 Å². The normalized spacial score (nSPS) is 13.8. The second-order valence-electron chi connectivity index (χ2n) is 7.67. The van der Waals surface area contributed by atoms with Crippen LogP contribution in [0.4, 0.5) is 16.2 Å². The zero-order chi connectivity index (χ0) is 21.1. The van der Waals surface area contributed by atoms with Gasteiger partial charge in [-0.25, -0.2) is 4.79 Å². The van der Waals surface area contributed by atoms with Crippen LogP contribution in [0.5, 0.6) is 5.75 Å². The highest BCUT2D eigenvalue weighted by Crippen LogP contribution is 2.44. The summed E-state index contributed by atoms with van der Waals surface area (Å²) in [6, 6.07) is 14.4. The summed E-state index contributed by atoms with van der Waals surface area (Å²) in [5, 5.41) is 3.78. The largest absolute Gasteiger partial charge is 0.494 e. The molecule has 0 spiro atoms. The van der Waals surface area contributed by atoms with Crippen LogP contribution in [0.3, 0.4) is 0 Å². The van der Waals surface area contributed by atoms with Gasteiger partial charge in [0.2, 0.25) is 0 Å². The maximum absolute atomic E-state index is 11.8. The van der Waals surface area contributed by atoms with Crippen molar-refractivity contribution in [2.45, 2.75) is 45.6 Å². The molecule has 2 aromatic carbocycles. The van der Waals surface area contributed by atoms with E-state index in [0.717, 1.165) is 52.9 Å². The van der Waals surface area contributed by atoms with Crippen LogP contribution in [0.2, 0.25) is 0 Å². The van der Waals surface area contributed by atoms with E-state index in [1.165, 1.54) is 6.42 Å². The van der Waals surface area contributed by atoms with Gasteiger partial charge in [0.05, 0.1) is 30.1 Å². The molecule has 0 atom stereocenters. The molecule has 0 bridgehead atoms. The van der Waals surface area contributed by atoms with Crippen LogP contribution < -0.4 is 15.8 Å². The van der Waals surface area contributed by atoms with Crippen molar-refractivity contribution in [1.29, 1.82) is 0 Å². The highest BCUT2D eigenvalue weighted by Gasteiger charge is 2.27. The Morgan fingerprint density at radius 3 is 2.57 bits per heavy atom. The number of amides is 1. The fourth-order valence-electron chi connectivity index (χ4n) is 3.95. The van der Waals surface area contributed by atoms with Gasteiger partial charge in [-0.15, -0.1) is 0 Å². The number of carbonyl (C=O) groups excluding carboxylic acids is 1. The number of aromatic nitrogens is 1. The quantitative estimate of drug-likeness (QED) is 0.505. The first-order valence-corrected chi connectivity index (χ1v) is 10.7. The number of rotatable bonds is 7. The van der Waals surface area contributed by atoms with Gasteiger partial charge in [0, 0.05) is 22.7 Å². The summed E-state index contributed by atoms with van der Waals surface area (Å²) < 4.78 is 13.2. The lowest BCUT2D eigenvalue weighted by molar-refractivity contribution is 0.161. The second-order valence-corrected chi connectivity index (χ2v) is 7.67. The van der Waals surface area contributed by atoms with Crippen LogP contribution in [0.15, 0.2) is 42.5 Å². The second kappa shape index (κ2) is 8.69. The first-order valence-electron chi connectivity index (χ1n) is 10.7. The SMILES string of the molecule is CCCOC(=O)Nc1ccc(-c2c(N)c3cc(OCC)ccc3n2C2CCC2)cc1. The number of carbonyl (C=O) groups is 1. The zero-order valence-electron chi connectivity index (χ0n) is 17.6. The van der Waals surface area contributed by atoms with Crippen LogP contribution in [-0.2, 0) is 4.74 Å². The Labute approximate surface area is 177 Å². The van der Waals surface area contributed by atoms with E-state index in [1.807, 2.05) is 50.2 Å². The maximum atomic E-state index is 11.8. The molecule has 0 aliphatic heterocycles. The van der Waals surface area contributed by atoms with Gasteiger partial charge < -0.3 is 19.8 Å². The molecule has 1 fully saturated rings. The average molecular weight is 408 g/mol. The Bertz CT molecular complexity index is 1040. The van der Waals surface area contributed by atoms with Gasteiger partial charge >= 0.3 is 6.09 Å². The summed E-state index contributed by atoms with van der Waals surface area (Å²) >= 11 is 0. The molecule has 0 unspecified atom stereocenters. The van der Waals surface area contributed by atoms with Gasteiger partial charge in [-0.05, 0) is 62.9 Å². The molecule has 4 rings (SSSR count). The molecule has 1 saturated carbocycles. The van der Waals surface area contributed by atoms with Gasteiger partial charge in [0.15, 0.2) is 0 Å². The highest BCUT2D eigenvalue weighted by molar-refractivity contribution is 6.02. The van der Waals surface area contributed by atoms with E-state index >= 15 is 0 Å². The predicted molar refractivity (Wildman–Crippen MR) is 121 cm³/mol. The van der Waals surface area contributed by atoms with Crippen molar-refractivity contribution in [2.24, 2.45) is 0 Å². The number of ether oxygens (including phenoxy) is 2. The van der Waals surface area contributed by atoms with Gasteiger partial charge in [-0.2, -0.15) is 0 Å². The number of nitrogen functional groups attached to an aromatic ring is 1. The molecule has 1 aliphatic rings. The summed E-state index contributed by atoms with van der Waals surface area (Å²) in [6.07, 6.45) is 3.92. The number of hydrogen-bond donors (Lipinski definition) is 2. The van der Waals surface area contributed by atoms with Crippen molar-refractivity contribution >= 4 is 28.4 Å². The number of nitrogens with zero attached hydrogens (tertiary/aromatic N) is 1. The Morgan fingerprint density at radius 1 is 1.17 bits per heavy atom. The molecular formula is C24H29N3O3. The molecule has 3 aromatic rings. The van der Waals surface area contributed by atoms with Crippen molar-refractivity contribution in [1.82, 2.24) is 4.57 Å². The van der Waals surface area contributed by atoms with Crippen LogP contribution >= 0.6 is 0 Å². The van der Waals surface area contributed by atoms with E-state index in [9.17, 15) is 4.79 Å². The van der Waals surface area contributed by atoms with Crippen molar-refractivity contribution in [3.63, 3.8) is 0 Å². The Hall–Kier alpha value is -3.15. The molecule has 6 heteroatoms. The van der Waals surface area contributed by atoms with Crippen molar-refractivity contribution in [3.8, 4) is 17.0 Å². The molecule has 1 heterocycles. The molecule has 0 saturated heterocycles. The minimum absolute atomic E-state index is 0.408. The average Bonchev–Trinajstić information content (AvgIpc) is 2.98. The first-order chi connectivity index (χ1) is 14.6. The molecular weight excluding hydrogens is 378 g/mol. The Kier molecular flexibility index (Phi) is 5.84. The summed E-state index contributed by atoms with van der Waals surface area (Å²) in [5.41, 5.74) is 11.3. The number of nitrogens with one attached hydrogen (secondary N) is 1. The van der Waals surface area contributed by atoms with E-state index in [1.54, 1.807) is 0 Å². The third kappa shape index (κ3) is 3.82. The number of fused-ring (bicyclic) bond motifs is 1. The van der Waals surface area contributed by atoms with Gasteiger partial charge in [0.25, 0.3) is 0 Å². The molecule has 1 amide bonds. The molecule has 1 aliphatic carbocycles. The number of benzene rings is 2. The maximum Gasteiger partial charge on any atom is 0.411 e. The van der Waals surface area contributed by atoms with Crippen LogP contribution in [0.25, 0.3) is 22.2 Å². The summed E-state index contributed by atoms with van der Waals surface area (Å²) in [5.74, 6) is 0.833. The van der Waals surface area contributed by atoms with Crippen LogP contribution in [0, 0.1) is 0 Å². The third-order valence-electron chi connectivity index (χ3n) is 5.61. The van der Waals surface area contributed by atoms with Gasteiger partial charge in [-0.3, -0.25) is 5.32 Å². The molecule has 158 valence electrons. The Morgan fingerprint density at radius 2 is 1.93 bits per heavy atom. The van der Waals surface area contributed by atoms with E-state index in [2.05, 4.69) is 16.0 Å². The monoisotopic (exact) mass is 407 g/mol. The topological polar surface area (TPSA) is 78.5 Å². The number of hydrogen-bond acceptors (Lipinski definition) is 4. The summed E-state index contributed by atoms with van der Waals surface area (Å²) in [4.78, 5) is 11.8. The standard InChI is InChI=1S/C24H29N3O3/c1-3-14-30-24(28)26-17-10-8-16(9-11-17)23-22(25)20-15-19(29-4-2)12-13-21(20)27(23)18-6-5-7-18/h8-13,15,18H,3-7,14,25H2,1-2H3,(H,26,28). The Balaban J connectivity index is 1.70. The minimum Gasteiger partial charge on any atom is -0.494 e. The van der Waals surface area contributed by atoms with Crippen LogP contribution in [0.1, 0.15) is 45.6 Å². The molecule has 6 nitrogen and oxygen atoms in total. The van der Waals surface area contributed by atoms with Crippen molar-refractivity contribution in [2.75, 3.05) is 24.3 Å². The zero-order valence-corrected chi connectivity index (χ0v) is 17.6. The smallest absolute Gasteiger partial charge is 0.411 e. The van der Waals surface area contributed by atoms with E-state index in [-0.39, 0.29) is 0 Å². The lowest BCUT2D eigenvalue weighted by Crippen LogP contribution is -2.18. The number of anilines is 2. The highest BCUT2D eigenvalue weighted by atomic mass is 16.5. The predicted octanol–water partition coefficient (Wildman–Crippen LogP) is 5.97. The van der Waals surface area contributed by atoms with Gasteiger partial charge in [-0.1, -0.05) is 19.1 Å². The molecule has 3 N–H and O–H groups in total. The fraction of sp³-hybridized carbons (Fsp3) is 0.375. The van der Waals surface area contributed by atoms with Gasteiger partial charge in [0.1, 0.15) is 5.75 Å². The first kappa shape index (κ1) is 20.1. The van der Waals surface area contributed by atoms with Crippen LogP contribution in [-0.4, -0.2) is 23.9 Å². The number of nitrogens with two attached hydrogens (primary N) is 1. The minimum atomic E-state index is -0.434. The summed E-state index contributed by atoms with van der Waals surface area (Å²) in [6.45, 7) is 4.97. The third-order valence-corrected chi connectivity index (χ3v) is 5.61. The van der Waals surface area contributed by atoms with E-state index in [4.69, 9.17) is 15.2 Å². The van der Waals surface area contributed by atoms with Crippen molar-refractivity contribution < 1.29 is 14.3 Å². The fourth-order valence-corrected chi connectivity index (χ4v) is 3.95. The lowest BCUT2D eigenvalue weighted by Gasteiger charge is -2.30. The molecule has 1 aromatic heterocycles. The van der Waals surface area contributed by atoms with E-state index in [0.29, 0.717) is 24.9 Å². The summed E-state index contributed by atoms with van der Waals surface area (Å²) in [7, 11) is 0.